The fourth-order valence-electron chi connectivity index (χ4n) is 2.38. The molecule has 3 nitrogen and oxygen atoms in total. The van der Waals surface area contributed by atoms with Gasteiger partial charge >= 0.3 is 0 Å². The van der Waals surface area contributed by atoms with Crippen molar-refractivity contribution in [3.8, 4) is 0 Å². The summed E-state index contributed by atoms with van der Waals surface area (Å²) in [5.41, 5.74) is 7.26. The van der Waals surface area contributed by atoms with E-state index in [1.165, 1.54) is 60.6 Å². The van der Waals surface area contributed by atoms with Crippen LogP contribution in [0.1, 0.15) is 63.9 Å². The van der Waals surface area contributed by atoms with Crippen LogP contribution >= 0.6 is 11.5 Å². The lowest BCUT2D eigenvalue weighted by atomic mass is 9.99. The molecular weight excluding hydrogens is 242 g/mol. The van der Waals surface area contributed by atoms with Gasteiger partial charge in [-0.1, -0.05) is 33.1 Å². The van der Waals surface area contributed by atoms with E-state index in [9.17, 15) is 0 Å². The first-order valence-electron chi connectivity index (χ1n) is 7.25. The highest BCUT2D eigenvalue weighted by atomic mass is 32.1. The van der Waals surface area contributed by atoms with Gasteiger partial charge in [0.05, 0.1) is 0 Å². The van der Waals surface area contributed by atoms with Gasteiger partial charge in [0, 0.05) is 12.1 Å². The van der Waals surface area contributed by atoms with Crippen LogP contribution in [0.25, 0.3) is 0 Å². The Kier molecular flexibility index (Phi) is 4.87. The molecule has 1 aliphatic rings. The van der Waals surface area contributed by atoms with Crippen LogP contribution in [0.3, 0.4) is 0 Å². The van der Waals surface area contributed by atoms with E-state index < -0.39 is 0 Å². The summed E-state index contributed by atoms with van der Waals surface area (Å²) in [6, 6.07) is 0. The molecule has 1 atom stereocenters. The molecule has 1 heterocycles. The van der Waals surface area contributed by atoms with E-state index in [2.05, 4.69) is 23.5 Å². The van der Waals surface area contributed by atoms with Crippen LogP contribution in [0.2, 0.25) is 0 Å². The molecule has 3 N–H and O–H groups in total. The quantitative estimate of drug-likeness (QED) is 0.741. The molecule has 1 aliphatic carbocycles. The Bertz CT molecular complexity index is 371. The second kappa shape index (κ2) is 6.41. The standard InChI is InChI=1S/C14H25N3S/c1-3-5-6-10(4-2)9-16-14-12(11-7-8-11)13(15)17-18-14/h10-11,16H,3-9H2,1-2H3,(H2,15,17). The van der Waals surface area contributed by atoms with Gasteiger partial charge in [0.15, 0.2) is 0 Å². The van der Waals surface area contributed by atoms with Crippen molar-refractivity contribution < 1.29 is 0 Å². The molecule has 1 aromatic rings. The molecule has 0 radical (unpaired) electrons. The second-order valence-corrected chi connectivity index (χ2v) is 6.16. The van der Waals surface area contributed by atoms with Crippen molar-refractivity contribution in [1.29, 1.82) is 0 Å². The first-order valence-corrected chi connectivity index (χ1v) is 8.02. The Labute approximate surface area is 114 Å². The number of nitrogens with two attached hydrogens (primary N) is 1. The fraction of sp³-hybridized carbons (Fsp3) is 0.786. The van der Waals surface area contributed by atoms with E-state index in [0.717, 1.165) is 18.3 Å². The van der Waals surface area contributed by atoms with Gasteiger partial charge in [-0.2, -0.15) is 4.37 Å². The Balaban J connectivity index is 1.88. The van der Waals surface area contributed by atoms with Crippen molar-refractivity contribution in [2.24, 2.45) is 5.92 Å². The molecule has 1 unspecified atom stereocenters. The highest BCUT2D eigenvalue weighted by molar-refractivity contribution is 7.10. The summed E-state index contributed by atoms with van der Waals surface area (Å²) < 4.78 is 4.30. The number of nitrogen functional groups attached to an aromatic ring is 1. The Hall–Kier alpha value is -0.770. The predicted molar refractivity (Wildman–Crippen MR) is 80.3 cm³/mol. The van der Waals surface area contributed by atoms with Crippen molar-refractivity contribution >= 4 is 22.4 Å². The summed E-state index contributed by atoms with van der Waals surface area (Å²) in [6.45, 7) is 5.61. The van der Waals surface area contributed by atoms with Crippen molar-refractivity contribution in [1.82, 2.24) is 4.37 Å². The van der Waals surface area contributed by atoms with Crippen molar-refractivity contribution in [2.45, 2.75) is 58.3 Å². The van der Waals surface area contributed by atoms with Crippen molar-refractivity contribution in [2.75, 3.05) is 17.6 Å². The van der Waals surface area contributed by atoms with Crippen LogP contribution in [0, 0.1) is 5.92 Å². The predicted octanol–water partition coefficient (Wildman–Crippen LogP) is 4.23. The summed E-state index contributed by atoms with van der Waals surface area (Å²) in [5.74, 6) is 2.22. The Morgan fingerprint density at radius 3 is 2.83 bits per heavy atom. The molecule has 1 fully saturated rings. The summed E-state index contributed by atoms with van der Waals surface area (Å²) in [7, 11) is 0. The highest BCUT2D eigenvalue weighted by Gasteiger charge is 2.30. The normalized spacial score (nSPS) is 16.8. The summed E-state index contributed by atoms with van der Waals surface area (Å²) in [6.07, 6.45) is 7.76. The van der Waals surface area contributed by atoms with Gasteiger partial charge in [-0.05, 0) is 42.6 Å². The topological polar surface area (TPSA) is 50.9 Å². The minimum Gasteiger partial charge on any atom is -0.383 e. The Morgan fingerprint density at radius 1 is 1.44 bits per heavy atom. The number of nitrogens with one attached hydrogen (secondary N) is 1. The lowest BCUT2D eigenvalue weighted by molar-refractivity contribution is 0.473. The molecule has 18 heavy (non-hydrogen) atoms. The molecular formula is C14H25N3S. The van der Waals surface area contributed by atoms with Gasteiger partial charge in [0.2, 0.25) is 0 Å². The lowest BCUT2D eigenvalue weighted by Gasteiger charge is -2.15. The van der Waals surface area contributed by atoms with Crippen molar-refractivity contribution in [3.05, 3.63) is 5.56 Å². The van der Waals surface area contributed by atoms with Crippen LogP contribution < -0.4 is 11.1 Å². The lowest BCUT2D eigenvalue weighted by Crippen LogP contribution is -2.13. The third-order valence-corrected chi connectivity index (χ3v) is 4.67. The number of nitrogens with zero attached hydrogens (tertiary/aromatic N) is 1. The third-order valence-electron chi connectivity index (χ3n) is 3.84. The Morgan fingerprint density at radius 2 is 2.22 bits per heavy atom. The molecule has 0 spiro atoms. The van der Waals surface area contributed by atoms with E-state index in [0.29, 0.717) is 5.92 Å². The summed E-state index contributed by atoms with van der Waals surface area (Å²) in [5, 5.41) is 4.82. The zero-order chi connectivity index (χ0) is 13.0. The van der Waals surface area contributed by atoms with E-state index >= 15 is 0 Å². The maximum absolute atomic E-state index is 5.96. The van der Waals surface area contributed by atoms with Crippen LogP contribution in [0.15, 0.2) is 0 Å². The van der Waals surface area contributed by atoms with E-state index in [1.807, 2.05) is 0 Å². The largest absolute Gasteiger partial charge is 0.383 e. The number of aromatic nitrogens is 1. The molecule has 102 valence electrons. The van der Waals surface area contributed by atoms with Gasteiger partial charge < -0.3 is 11.1 Å². The first kappa shape index (κ1) is 13.7. The first-order chi connectivity index (χ1) is 8.76. The maximum Gasteiger partial charge on any atom is 0.142 e. The summed E-state index contributed by atoms with van der Waals surface area (Å²) in [4.78, 5) is 0. The summed E-state index contributed by atoms with van der Waals surface area (Å²) >= 11 is 1.53. The van der Waals surface area contributed by atoms with Crippen LogP contribution in [-0.4, -0.2) is 10.9 Å². The average Bonchev–Trinajstić information content (AvgIpc) is 3.14. The van der Waals surface area contributed by atoms with E-state index in [4.69, 9.17) is 5.73 Å². The molecule has 0 aromatic carbocycles. The monoisotopic (exact) mass is 267 g/mol. The van der Waals surface area contributed by atoms with Crippen LogP contribution in [0.4, 0.5) is 10.8 Å². The zero-order valence-corrected chi connectivity index (χ0v) is 12.4. The van der Waals surface area contributed by atoms with E-state index in [-0.39, 0.29) is 0 Å². The number of hydrogen-bond acceptors (Lipinski definition) is 4. The number of unbranched alkanes of at least 4 members (excludes halogenated alkanes) is 1. The van der Waals surface area contributed by atoms with Crippen molar-refractivity contribution in [3.63, 3.8) is 0 Å². The molecule has 1 aromatic heterocycles. The third kappa shape index (κ3) is 3.37. The second-order valence-electron chi connectivity index (χ2n) is 5.38. The van der Waals surface area contributed by atoms with Crippen LogP contribution in [0.5, 0.6) is 0 Å². The molecule has 0 saturated heterocycles. The molecule has 0 bridgehead atoms. The number of hydrogen-bond donors (Lipinski definition) is 2. The van der Waals surface area contributed by atoms with Gasteiger partial charge in [-0.25, -0.2) is 0 Å². The number of rotatable bonds is 8. The fourth-order valence-corrected chi connectivity index (χ4v) is 3.19. The number of anilines is 2. The molecule has 4 heteroatoms. The molecule has 0 amide bonds. The van der Waals surface area contributed by atoms with Crippen LogP contribution in [-0.2, 0) is 0 Å². The SMILES string of the molecule is CCCCC(CC)CNc1snc(N)c1C1CC1. The average molecular weight is 267 g/mol. The van der Waals surface area contributed by atoms with Gasteiger partial charge in [-0.3, -0.25) is 0 Å². The highest BCUT2D eigenvalue weighted by Crippen LogP contribution is 2.47. The minimum atomic E-state index is 0.682. The molecule has 1 saturated carbocycles. The smallest absolute Gasteiger partial charge is 0.142 e. The maximum atomic E-state index is 5.96. The van der Waals surface area contributed by atoms with Gasteiger partial charge in [-0.15, -0.1) is 0 Å². The van der Waals surface area contributed by atoms with Gasteiger partial charge in [0.25, 0.3) is 0 Å². The van der Waals surface area contributed by atoms with Gasteiger partial charge in [0.1, 0.15) is 10.8 Å². The molecule has 0 aliphatic heterocycles. The zero-order valence-electron chi connectivity index (χ0n) is 11.5. The minimum absolute atomic E-state index is 0.682. The van der Waals surface area contributed by atoms with E-state index in [1.54, 1.807) is 0 Å². The molecule has 2 rings (SSSR count).